The lowest BCUT2D eigenvalue weighted by molar-refractivity contribution is -0.198. The van der Waals surface area contributed by atoms with Crippen LogP contribution in [0.4, 0.5) is 0 Å². The minimum atomic E-state index is -1.19. The predicted octanol–water partition coefficient (Wildman–Crippen LogP) is 3.03. The van der Waals surface area contributed by atoms with Crippen LogP contribution in [0.1, 0.15) is 58.4 Å². The molecule has 2 aliphatic heterocycles. The van der Waals surface area contributed by atoms with E-state index in [4.69, 9.17) is 4.74 Å². The molecule has 2 amide bonds. The maximum Gasteiger partial charge on any atom is 0.253 e. The van der Waals surface area contributed by atoms with Crippen LogP contribution in [0.25, 0.3) is 0 Å². The number of amides is 2. The van der Waals surface area contributed by atoms with E-state index in [1.165, 1.54) is 23.1 Å². The number of rotatable bonds is 7. The molecule has 2 N–H and O–H groups in total. The highest BCUT2D eigenvalue weighted by Crippen LogP contribution is 2.66. The molecule has 4 fully saturated rings. The molecule has 2 heterocycles. The lowest BCUT2D eigenvalue weighted by Crippen LogP contribution is -2.55. The molecule has 8 heteroatoms. The zero-order valence-electron chi connectivity index (χ0n) is 21.6. The first-order valence-corrected chi connectivity index (χ1v) is 14.5. The number of nitrogens with zero attached hydrogens (tertiary/aromatic N) is 2. The van der Waals surface area contributed by atoms with Crippen molar-refractivity contribution >= 4 is 23.6 Å². The van der Waals surface area contributed by atoms with Gasteiger partial charge in [-0.3, -0.25) is 9.59 Å². The van der Waals surface area contributed by atoms with Crippen LogP contribution in [0.2, 0.25) is 0 Å². The van der Waals surface area contributed by atoms with Gasteiger partial charge in [0.05, 0.1) is 18.0 Å². The minimum Gasteiger partial charge on any atom is -0.383 e. The molecule has 1 aromatic rings. The summed E-state index contributed by atoms with van der Waals surface area (Å²) in [5.41, 5.74) is 1.10. The predicted molar refractivity (Wildman–Crippen MR) is 139 cm³/mol. The van der Waals surface area contributed by atoms with Crippen molar-refractivity contribution in [3.63, 3.8) is 0 Å². The van der Waals surface area contributed by atoms with Gasteiger partial charge in [-0.25, -0.2) is 0 Å². The van der Waals surface area contributed by atoms with Crippen LogP contribution in [0.3, 0.4) is 0 Å². The van der Waals surface area contributed by atoms with E-state index in [1.807, 2.05) is 30.3 Å². The largest absolute Gasteiger partial charge is 0.383 e. The summed E-state index contributed by atoms with van der Waals surface area (Å²) < 4.78 is 6.33. The second kappa shape index (κ2) is 9.93. The maximum atomic E-state index is 13.7. The van der Waals surface area contributed by atoms with Gasteiger partial charge < -0.3 is 24.7 Å². The van der Waals surface area contributed by atoms with Gasteiger partial charge in [0, 0.05) is 18.7 Å². The lowest BCUT2D eigenvalue weighted by Gasteiger charge is -2.41. The molecule has 198 valence electrons. The summed E-state index contributed by atoms with van der Waals surface area (Å²) in [6.45, 7) is 7.48. The summed E-state index contributed by atoms with van der Waals surface area (Å²) in [6.07, 6.45) is 2.77. The van der Waals surface area contributed by atoms with Crippen LogP contribution in [0, 0.1) is 16.7 Å². The molecule has 36 heavy (non-hydrogen) atoms. The molecule has 5 rings (SSSR count). The van der Waals surface area contributed by atoms with Gasteiger partial charge in [0.15, 0.2) is 6.29 Å². The molecule has 0 radical (unpaired) electrons. The van der Waals surface area contributed by atoms with E-state index in [0.717, 1.165) is 24.8 Å². The number of aliphatic hydroxyl groups is 2. The third-order valence-corrected chi connectivity index (χ3v) is 10.9. The van der Waals surface area contributed by atoms with Gasteiger partial charge in [-0.2, -0.15) is 0 Å². The zero-order valence-corrected chi connectivity index (χ0v) is 22.5. The number of thioether (sulfide) groups is 1. The van der Waals surface area contributed by atoms with Crippen molar-refractivity contribution in [2.24, 2.45) is 16.7 Å². The summed E-state index contributed by atoms with van der Waals surface area (Å²) in [4.78, 5) is 30.0. The molecule has 1 aromatic carbocycles. The fraction of sp³-hybridized carbons (Fsp3) is 0.714. The number of benzene rings is 1. The van der Waals surface area contributed by atoms with Crippen molar-refractivity contribution in [3.8, 4) is 0 Å². The zero-order chi connectivity index (χ0) is 25.7. The first kappa shape index (κ1) is 26.0. The van der Waals surface area contributed by atoms with Gasteiger partial charge in [0.2, 0.25) is 5.91 Å². The Morgan fingerprint density at radius 1 is 1.14 bits per heavy atom. The number of fused-ring (bicyclic) bond motifs is 2. The Bertz CT molecular complexity index is 974. The number of likely N-dealkylation sites (tertiary alicyclic amines) is 1. The van der Waals surface area contributed by atoms with Gasteiger partial charge in [0.1, 0.15) is 12.1 Å². The lowest BCUT2D eigenvalue weighted by atomic mass is 9.70. The Balaban J connectivity index is 1.23. The quantitative estimate of drug-likeness (QED) is 0.542. The molecule has 7 atom stereocenters. The maximum absolute atomic E-state index is 13.7. The Morgan fingerprint density at radius 3 is 2.56 bits per heavy atom. The van der Waals surface area contributed by atoms with Crippen molar-refractivity contribution in [2.45, 2.75) is 89.9 Å². The minimum absolute atomic E-state index is 0.00736. The second-order valence-corrected chi connectivity index (χ2v) is 12.9. The van der Waals surface area contributed by atoms with E-state index in [0.29, 0.717) is 30.5 Å². The van der Waals surface area contributed by atoms with Crippen LogP contribution in [-0.4, -0.2) is 80.6 Å². The smallest absolute Gasteiger partial charge is 0.253 e. The average Bonchev–Trinajstić information content (AvgIpc) is 3.61. The van der Waals surface area contributed by atoms with Gasteiger partial charge in [-0.1, -0.05) is 51.1 Å². The summed E-state index contributed by atoms with van der Waals surface area (Å²) in [5, 5.41) is 21.8. The third kappa shape index (κ3) is 4.38. The fourth-order valence-electron chi connectivity index (χ4n) is 7.13. The monoisotopic (exact) mass is 516 g/mol. The van der Waals surface area contributed by atoms with Gasteiger partial charge in [-0.05, 0) is 54.4 Å². The van der Waals surface area contributed by atoms with Crippen molar-refractivity contribution in [2.75, 3.05) is 18.2 Å². The summed E-state index contributed by atoms with van der Waals surface area (Å²) in [5.74, 6) is 0.935. The first-order chi connectivity index (χ1) is 17.1. The standard InChI is InChI=1S/C28H40N2O5S/c1-27(2)19-11-12-28(27,3)23(15-19)35-26(34)20-10-7-13-29(20)24(32)21-16-36-17-30(21)25(33)22(31)14-18-8-5-4-6-9-18/h4-6,8-9,19-23,26,31,34H,7,10-17H2,1-3H3. The van der Waals surface area contributed by atoms with E-state index in [9.17, 15) is 19.8 Å². The fourth-order valence-corrected chi connectivity index (χ4v) is 8.28. The van der Waals surface area contributed by atoms with Crippen LogP contribution >= 0.6 is 11.8 Å². The Kier molecular flexibility index (Phi) is 7.18. The third-order valence-electron chi connectivity index (χ3n) is 9.94. The molecular formula is C28H40N2O5S. The van der Waals surface area contributed by atoms with Crippen LogP contribution in [-0.2, 0) is 20.7 Å². The molecule has 7 nitrogen and oxygen atoms in total. The van der Waals surface area contributed by atoms with Gasteiger partial charge in [0.25, 0.3) is 5.91 Å². The molecule has 0 spiro atoms. The number of hydrogen-bond acceptors (Lipinski definition) is 6. The highest BCUT2D eigenvalue weighted by molar-refractivity contribution is 7.99. The number of hydrogen-bond donors (Lipinski definition) is 2. The SMILES string of the molecule is CC1(C)C2CCC1(C)C(OC(O)C1CCCN1C(=O)C1CSCN1C(=O)C(O)Cc1ccccc1)C2. The number of ether oxygens (including phenoxy) is 1. The number of aliphatic hydroxyl groups excluding tert-OH is 2. The summed E-state index contributed by atoms with van der Waals surface area (Å²) >= 11 is 1.53. The van der Waals surface area contributed by atoms with E-state index in [1.54, 1.807) is 4.90 Å². The number of carbonyl (C=O) groups excluding carboxylic acids is 2. The topological polar surface area (TPSA) is 90.3 Å². The highest BCUT2D eigenvalue weighted by Gasteiger charge is 2.62. The molecule has 2 saturated carbocycles. The van der Waals surface area contributed by atoms with Crippen molar-refractivity contribution in [1.29, 1.82) is 0 Å². The molecule has 4 aliphatic rings. The molecule has 2 aliphatic carbocycles. The van der Waals surface area contributed by atoms with Crippen molar-refractivity contribution in [3.05, 3.63) is 35.9 Å². The van der Waals surface area contributed by atoms with Crippen molar-refractivity contribution < 1.29 is 24.5 Å². The second-order valence-electron chi connectivity index (χ2n) is 11.9. The van der Waals surface area contributed by atoms with Crippen LogP contribution in [0.15, 0.2) is 30.3 Å². The van der Waals surface area contributed by atoms with Gasteiger partial charge in [-0.15, -0.1) is 11.8 Å². The van der Waals surface area contributed by atoms with E-state index < -0.39 is 30.4 Å². The van der Waals surface area contributed by atoms with Crippen LogP contribution < -0.4 is 0 Å². The molecular weight excluding hydrogens is 476 g/mol. The Hall–Kier alpha value is -1.61. The number of carbonyl (C=O) groups is 2. The summed E-state index contributed by atoms with van der Waals surface area (Å²) in [7, 11) is 0. The van der Waals surface area contributed by atoms with E-state index >= 15 is 0 Å². The van der Waals surface area contributed by atoms with Gasteiger partial charge >= 0.3 is 0 Å². The average molecular weight is 517 g/mol. The normalized spacial score (nSPS) is 34.8. The van der Waals surface area contributed by atoms with E-state index in [2.05, 4.69) is 20.8 Å². The molecule has 7 unspecified atom stereocenters. The Labute approximate surface area is 218 Å². The Morgan fingerprint density at radius 2 is 1.89 bits per heavy atom. The van der Waals surface area contributed by atoms with Crippen LogP contribution in [0.5, 0.6) is 0 Å². The first-order valence-electron chi connectivity index (χ1n) is 13.4. The van der Waals surface area contributed by atoms with E-state index in [-0.39, 0.29) is 29.3 Å². The molecule has 2 bridgehead atoms. The molecule has 2 saturated heterocycles. The summed E-state index contributed by atoms with van der Waals surface area (Å²) in [6, 6.07) is 8.39. The van der Waals surface area contributed by atoms with Crippen molar-refractivity contribution in [1.82, 2.24) is 9.80 Å². The highest BCUT2D eigenvalue weighted by atomic mass is 32.2. The molecule has 0 aromatic heterocycles.